The van der Waals surface area contributed by atoms with Crippen molar-refractivity contribution in [3.8, 4) is 5.75 Å². The lowest BCUT2D eigenvalue weighted by Crippen LogP contribution is -2.37. The van der Waals surface area contributed by atoms with E-state index in [1.54, 1.807) is 19.1 Å². The van der Waals surface area contributed by atoms with Gasteiger partial charge in [0.25, 0.3) is 5.91 Å². The molecule has 4 nitrogen and oxygen atoms in total. The SMILES string of the molecule is C[C@H](O)c1cccc(OCC(=O)NC2CCCCCC2)c1. The van der Waals surface area contributed by atoms with E-state index in [-0.39, 0.29) is 12.5 Å². The van der Waals surface area contributed by atoms with Gasteiger partial charge in [-0.2, -0.15) is 0 Å². The third-order valence-electron chi connectivity index (χ3n) is 3.93. The van der Waals surface area contributed by atoms with Crippen molar-refractivity contribution in [1.82, 2.24) is 5.32 Å². The van der Waals surface area contributed by atoms with Crippen LogP contribution in [-0.4, -0.2) is 23.7 Å². The lowest BCUT2D eigenvalue weighted by atomic mass is 10.1. The first-order valence-electron chi connectivity index (χ1n) is 7.85. The molecule has 0 spiro atoms. The van der Waals surface area contributed by atoms with E-state index in [1.807, 2.05) is 12.1 Å². The van der Waals surface area contributed by atoms with Gasteiger partial charge < -0.3 is 15.2 Å². The molecule has 1 atom stereocenters. The van der Waals surface area contributed by atoms with Crippen molar-refractivity contribution in [1.29, 1.82) is 0 Å². The monoisotopic (exact) mass is 291 g/mol. The van der Waals surface area contributed by atoms with Crippen LogP contribution in [0.2, 0.25) is 0 Å². The summed E-state index contributed by atoms with van der Waals surface area (Å²) in [4.78, 5) is 11.9. The van der Waals surface area contributed by atoms with Crippen LogP contribution in [0.5, 0.6) is 5.75 Å². The van der Waals surface area contributed by atoms with Gasteiger partial charge in [-0.15, -0.1) is 0 Å². The van der Waals surface area contributed by atoms with E-state index in [4.69, 9.17) is 4.74 Å². The van der Waals surface area contributed by atoms with Gasteiger partial charge in [0, 0.05) is 6.04 Å². The molecule has 1 aliphatic carbocycles. The van der Waals surface area contributed by atoms with Crippen LogP contribution in [0.4, 0.5) is 0 Å². The first-order chi connectivity index (χ1) is 10.1. The van der Waals surface area contributed by atoms with Crippen molar-refractivity contribution in [2.75, 3.05) is 6.61 Å². The Kier molecular flexibility index (Phi) is 6.05. The quantitative estimate of drug-likeness (QED) is 0.820. The third kappa shape index (κ3) is 5.38. The molecule has 116 valence electrons. The van der Waals surface area contributed by atoms with E-state index in [1.165, 1.54) is 25.7 Å². The minimum absolute atomic E-state index is 0.0275. The van der Waals surface area contributed by atoms with Gasteiger partial charge in [0.05, 0.1) is 6.10 Å². The van der Waals surface area contributed by atoms with E-state index < -0.39 is 6.10 Å². The van der Waals surface area contributed by atoms with Gasteiger partial charge in [-0.05, 0) is 37.5 Å². The maximum Gasteiger partial charge on any atom is 0.258 e. The van der Waals surface area contributed by atoms with Crippen LogP contribution < -0.4 is 10.1 Å². The van der Waals surface area contributed by atoms with Gasteiger partial charge >= 0.3 is 0 Å². The number of rotatable bonds is 5. The van der Waals surface area contributed by atoms with Crippen molar-refractivity contribution >= 4 is 5.91 Å². The van der Waals surface area contributed by atoms with E-state index in [0.29, 0.717) is 11.8 Å². The molecule has 0 heterocycles. The molecule has 0 aliphatic heterocycles. The van der Waals surface area contributed by atoms with Crippen molar-refractivity contribution in [3.63, 3.8) is 0 Å². The summed E-state index contributed by atoms with van der Waals surface area (Å²) < 4.78 is 5.51. The highest BCUT2D eigenvalue weighted by Gasteiger charge is 2.15. The fraction of sp³-hybridized carbons (Fsp3) is 0.588. The number of aliphatic hydroxyl groups is 1. The molecule has 1 saturated carbocycles. The van der Waals surface area contributed by atoms with Crippen LogP contribution in [0.15, 0.2) is 24.3 Å². The highest BCUT2D eigenvalue weighted by atomic mass is 16.5. The molecular formula is C17H25NO3. The van der Waals surface area contributed by atoms with E-state index in [2.05, 4.69) is 5.32 Å². The van der Waals surface area contributed by atoms with Crippen LogP contribution in [0.25, 0.3) is 0 Å². The number of benzene rings is 1. The second-order valence-corrected chi connectivity index (χ2v) is 5.79. The Morgan fingerprint density at radius 3 is 2.71 bits per heavy atom. The Labute approximate surface area is 126 Å². The van der Waals surface area contributed by atoms with E-state index in [9.17, 15) is 9.90 Å². The lowest BCUT2D eigenvalue weighted by Gasteiger charge is -2.16. The lowest BCUT2D eigenvalue weighted by molar-refractivity contribution is -0.123. The zero-order chi connectivity index (χ0) is 15.1. The maximum absolute atomic E-state index is 11.9. The minimum Gasteiger partial charge on any atom is -0.484 e. The summed E-state index contributed by atoms with van der Waals surface area (Å²) >= 11 is 0. The van der Waals surface area contributed by atoms with Gasteiger partial charge in [-0.3, -0.25) is 4.79 Å². The highest BCUT2D eigenvalue weighted by Crippen LogP contribution is 2.19. The van der Waals surface area contributed by atoms with Crippen molar-refractivity contribution < 1.29 is 14.6 Å². The summed E-state index contributed by atoms with van der Waals surface area (Å²) in [6.45, 7) is 1.73. The second kappa shape index (κ2) is 8.03. The number of ether oxygens (including phenoxy) is 1. The van der Waals surface area contributed by atoms with Crippen molar-refractivity contribution in [3.05, 3.63) is 29.8 Å². The minimum atomic E-state index is -0.534. The predicted octanol–water partition coefficient (Wildman–Crippen LogP) is 2.96. The second-order valence-electron chi connectivity index (χ2n) is 5.79. The van der Waals surface area contributed by atoms with Crippen LogP contribution in [0.3, 0.4) is 0 Å². The molecule has 0 unspecified atom stereocenters. The van der Waals surface area contributed by atoms with Crippen LogP contribution in [0, 0.1) is 0 Å². The largest absolute Gasteiger partial charge is 0.484 e. The van der Waals surface area contributed by atoms with Gasteiger partial charge in [-0.25, -0.2) is 0 Å². The summed E-state index contributed by atoms with van der Waals surface area (Å²) in [6, 6.07) is 7.52. The van der Waals surface area contributed by atoms with E-state index >= 15 is 0 Å². The zero-order valence-electron chi connectivity index (χ0n) is 12.7. The summed E-state index contributed by atoms with van der Waals surface area (Å²) in [5.41, 5.74) is 0.789. The number of nitrogens with one attached hydrogen (secondary N) is 1. The molecule has 1 aromatic carbocycles. The fourth-order valence-corrected chi connectivity index (χ4v) is 2.71. The molecule has 1 amide bonds. The first-order valence-corrected chi connectivity index (χ1v) is 7.85. The molecular weight excluding hydrogens is 266 g/mol. The summed E-state index contributed by atoms with van der Waals surface area (Å²) in [7, 11) is 0. The molecule has 2 N–H and O–H groups in total. The number of carbonyl (C=O) groups excluding carboxylic acids is 1. The summed E-state index contributed by atoms with van der Waals surface area (Å²) in [5.74, 6) is 0.550. The molecule has 2 rings (SSSR count). The standard InChI is InChI=1S/C17H25NO3/c1-13(19)14-7-6-10-16(11-14)21-12-17(20)18-15-8-4-2-3-5-9-15/h6-7,10-11,13,15,19H,2-5,8-9,12H2,1H3,(H,18,20)/t13-/m0/s1. The topological polar surface area (TPSA) is 58.6 Å². The summed E-state index contributed by atoms with van der Waals surface area (Å²) in [5, 5.41) is 12.6. The maximum atomic E-state index is 11.9. The molecule has 1 aliphatic rings. The average molecular weight is 291 g/mol. The Balaban J connectivity index is 1.79. The van der Waals surface area contributed by atoms with Gasteiger partial charge in [0.2, 0.25) is 0 Å². The number of hydrogen-bond acceptors (Lipinski definition) is 3. The molecule has 0 bridgehead atoms. The molecule has 0 saturated heterocycles. The van der Waals surface area contributed by atoms with Gasteiger partial charge in [0.15, 0.2) is 6.61 Å². The number of aliphatic hydroxyl groups excluding tert-OH is 1. The Bertz CT molecular complexity index is 451. The average Bonchev–Trinajstić information content (AvgIpc) is 2.74. The van der Waals surface area contributed by atoms with Crippen LogP contribution >= 0.6 is 0 Å². The Morgan fingerprint density at radius 2 is 2.05 bits per heavy atom. The molecule has 0 radical (unpaired) electrons. The molecule has 0 aromatic heterocycles. The molecule has 21 heavy (non-hydrogen) atoms. The van der Waals surface area contributed by atoms with Gasteiger partial charge in [-0.1, -0.05) is 37.8 Å². The number of amides is 1. The van der Waals surface area contributed by atoms with Crippen molar-refractivity contribution in [2.45, 2.75) is 57.6 Å². The van der Waals surface area contributed by atoms with Gasteiger partial charge in [0.1, 0.15) is 5.75 Å². The predicted molar refractivity (Wildman–Crippen MR) is 82.2 cm³/mol. The highest BCUT2D eigenvalue weighted by molar-refractivity contribution is 5.77. The normalized spacial score (nSPS) is 17.8. The van der Waals surface area contributed by atoms with Crippen LogP contribution in [-0.2, 0) is 4.79 Å². The zero-order valence-corrected chi connectivity index (χ0v) is 12.7. The molecule has 1 fully saturated rings. The fourth-order valence-electron chi connectivity index (χ4n) is 2.71. The molecule has 1 aromatic rings. The number of carbonyl (C=O) groups is 1. The summed E-state index contributed by atoms with van der Waals surface area (Å²) in [6.07, 6.45) is 6.55. The van der Waals surface area contributed by atoms with Crippen LogP contribution in [0.1, 0.15) is 57.1 Å². The van der Waals surface area contributed by atoms with E-state index in [0.717, 1.165) is 18.4 Å². The Morgan fingerprint density at radius 1 is 1.33 bits per heavy atom. The third-order valence-corrected chi connectivity index (χ3v) is 3.93. The first kappa shape index (κ1) is 15.8. The Hall–Kier alpha value is -1.55. The smallest absolute Gasteiger partial charge is 0.258 e. The van der Waals surface area contributed by atoms with Crippen molar-refractivity contribution in [2.24, 2.45) is 0 Å². The number of hydrogen-bond donors (Lipinski definition) is 2. The molecule has 4 heteroatoms.